The zero-order valence-electron chi connectivity index (χ0n) is 14.0. The Kier molecular flexibility index (Phi) is 5.83. The first-order valence-corrected chi connectivity index (χ1v) is 9.60. The van der Waals surface area contributed by atoms with E-state index in [0.29, 0.717) is 0 Å². The molecule has 0 saturated carbocycles. The minimum atomic E-state index is -0.186. The van der Waals surface area contributed by atoms with Gasteiger partial charge in [0.05, 0.1) is 10.9 Å². The normalized spacial score (nSPS) is 11.9. The third-order valence-corrected chi connectivity index (χ3v) is 5.81. The van der Waals surface area contributed by atoms with E-state index in [0.717, 1.165) is 20.6 Å². The van der Waals surface area contributed by atoms with E-state index in [1.807, 2.05) is 79.3 Å². The average Bonchev–Trinajstić information content (AvgIpc) is 3.02. The number of carbonyl (C=O) groups excluding carboxylic acids is 1. The average molecular weight is 370 g/mol. The van der Waals surface area contributed by atoms with Gasteiger partial charge in [0.1, 0.15) is 0 Å². The van der Waals surface area contributed by atoms with Crippen molar-refractivity contribution in [2.75, 3.05) is 5.32 Å². The molecular weight excluding hydrogens is 350 g/mol. The van der Waals surface area contributed by atoms with Crippen LogP contribution in [-0.4, -0.2) is 20.7 Å². The maximum atomic E-state index is 12.6. The number of thioether (sulfide) groups is 1. The molecular formula is C19H19N3OS2. The maximum Gasteiger partial charge on any atom is 0.237 e. The van der Waals surface area contributed by atoms with Gasteiger partial charge < -0.3 is 9.88 Å². The van der Waals surface area contributed by atoms with E-state index in [1.165, 1.54) is 11.8 Å². The van der Waals surface area contributed by atoms with Crippen LogP contribution in [0.3, 0.4) is 0 Å². The van der Waals surface area contributed by atoms with E-state index in [2.05, 4.69) is 10.3 Å². The molecule has 0 spiro atoms. The van der Waals surface area contributed by atoms with Gasteiger partial charge in [0, 0.05) is 29.2 Å². The Morgan fingerprint density at radius 1 is 1.12 bits per heavy atom. The number of rotatable bonds is 6. The van der Waals surface area contributed by atoms with E-state index >= 15 is 0 Å². The Morgan fingerprint density at radius 3 is 2.56 bits per heavy atom. The molecule has 0 bridgehead atoms. The zero-order valence-corrected chi connectivity index (χ0v) is 15.7. The van der Waals surface area contributed by atoms with Crippen LogP contribution < -0.4 is 5.32 Å². The van der Waals surface area contributed by atoms with Gasteiger partial charge in [0.15, 0.2) is 5.16 Å². The summed E-state index contributed by atoms with van der Waals surface area (Å²) in [6, 6.07) is 17.7. The highest BCUT2D eigenvalue weighted by molar-refractivity contribution is 8.00. The van der Waals surface area contributed by atoms with Gasteiger partial charge in [-0.05, 0) is 43.0 Å². The number of carbonyl (C=O) groups is 1. The summed E-state index contributed by atoms with van der Waals surface area (Å²) in [5, 5.41) is 3.74. The number of nitrogens with one attached hydrogen (secondary N) is 1. The van der Waals surface area contributed by atoms with E-state index in [4.69, 9.17) is 0 Å². The number of para-hydroxylation sites is 1. The number of anilines is 1. The van der Waals surface area contributed by atoms with E-state index in [9.17, 15) is 4.79 Å². The number of amides is 1. The molecule has 3 rings (SSSR count). The monoisotopic (exact) mass is 369 g/mol. The molecule has 25 heavy (non-hydrogen) atoms. The topological polar surface area (TPSA) is 46.9 Å². The predicted octanol–water partition coefficient (Wildman–Crippen LogP) is 4.69. The highest BCUT2D eigenvalue weighted by Crippen LogP contribution is 2.33. The zero-order chi connectivity index (χ0) is 17.6. The molecule has 0 aliphatic rings. The van der Waals surface area contributed by atoms with E-state index in [-0.39, 0.29) is 11.2 Å². The first kappa shape index (κ1) is 17.6. The minimum Gasteiger partial charge on any atom is -0.329 e. The predicted molar refractivity (Wildman–Crippen MR) is 104 cm³/mol. The lowest BCUT2D eigenvalue weighted by molar-refractivity contribution is -0.115. The Labute approximate surface area is 156 Å². The van der Waals surface area contributed by atoms with Crippen molar-refractivity contribution in [3.63, 3.8) is 0 Å². The van der Waals surface area contributed by atoms with Crippen LogP contribution in [0.25, 0.3) is 0 Å². The molecule has 1 heterocycles. The van der Waals surface area contributed by atoms with Crippen molar-refractivity contribution in [2.24, 2.45) is 7.05 Å². The molecule has 0 aliphatic heterocycles. The molecule has 1 unspecified atom stereocenters. The van der Waals surface area contributed by atoms with Gasteiger partial charge >= 0.3 is 0 Å². The van der Waals surface area contributed by atoms with Crippen LogP contribution in [0.5, 0.6) is 0 Å². The SMILES string of the molecule is CC(Sc1ccccc1)C(=O)Nc1ccccc1Sc1nccn1C. The number of benzene rings is 2. The Balaban J connectivity index is 1.70. The van der Waals surface area contributed by atoms with Crippen molar-refractivity contribution in [1.82, 2.24) is 9.55 Å². The molecule has 128 valence electrons. The van der Waals surface area contributed by atoms with Crippen molar-refractivity contribution < 1.29 is 4.79 Å². The third kappa shape index (κ3) is 4.67. The summed E-state index contributed by atoms with van der Waals surface area (Å²) >= 11 is 3.08. The lowest BCUT2D eigenvalue weighted by atomic mass is 10.3. The first-order valence-electron chi connectivity index (χ1n) is 7.90. The molecule has 1 amide bonds. The van der Waals surface area contributed by atoms with Crippen LogP contribution in [0.15, 0.2) is 81.9 Å². The molecule has 1 N–H and O–H groups in total. The fraction of sp³-hybridized carbons (Fsp3) is 0.158. The molecule has 1 aromatic heterocycles. The minimum absolute atomic E-state index is 0.0123. The number of hydrogen-bond acceptors (Lipinski definition) is 4. The van der Waals surface area contributed by atoms with Gasteiger partial charge in [0.25, 0.3) is 0 Å². The summed E-state index contributed by atoms with van der Waals surface area (Å²) in [6.07, 6.45) is 3.67. The second-order valence-electron chi connectivity index (χ2n) is 5.48. The van der Waals surface area contributed by atoms with Gasteiger partial charge in [0.2, 0.25) is 5.91 Å². The molecule has 0 fully saturated rings. The van der Waals surface area contributed by atoms with Gasteiger partial charge in [-0.2, -0.15) is 0 Å². The Hall–Kier alpha value is -2.18. The Bertz CT molecular complexity index is 849. The van der Waals surface area contributed by atoms with Crippen LogP contribution in [-0.2, 0) is 11.8 Å². The largest absolute Gasteiger partial charge is 0.329 e. The fourth-order valence-corrected chi connectivity index (χ4v) is 3.98. The van der Waals surface area contributed by atoms with Crippen molar-refractivity contribution in [1.29, 1.82) is 0 Å². The Morgan fingerprint density at radius 2 is 1.84 bits per heavy atom. The van der Waals surface area contributed by atoms with Crippen molar-refractivity contribution in [2.45, 2.75) is 27.1 Å². The lowest BCUT2D eigenvalue weighted by Gasteiger charge is -2.14. The van der Waals surface area contributed by atoms with Crippen LogP contribution in [0.2, 0.25) is 0 Å². The molecule has 2 aromatic carbocycles. The summed E-state index contributed by atoms with van der Waals surface area (Å²) in [5.74, 6) is -0.0123. The van der Waals surface area contributed by atoms with Crippen molar-refractivity contribution in [3.05, 3.63) is 67.0 Å². The summed E-state index contributed by atoms with van der Waals surface area (Å²) in [5.41, 5.74) is 0.806. The highest BCUT2D eigenvalue weighted by atomic mass is 32.2. The lowest BCUT2D eigenvalue weighted by Crippen LogP contribution is -2.22. The van der Waals surface area contributed by atoms with Gasteiger partial charge in [-0.25, -0.2) is 4.98 Å². The summed E-state index contributed by atoms with van der Waals surface area (Å²) in [7, 11) is 1.95. The highest BCUT2D eigenvalue weighted by Gasteiger charge is 2.16. The number of imidazole rings is 1. The quantitative estimate of drug-likeness (QED) is 0.640. The smallest absolute Gasteiger partial charge is 0.237 e. The second kappa shape index (κ2) is 8.27. The van der Waals surface area contributed by atoms with Crippen LogP contribution >= 0.6 is 23.5 Å². The number of aryl methyl sites for hydroxylation is 1. The number of hydrogen-bond donors (Lipinski definition) is 1. The number of nitrogens with zero attached hydrogens (tertiary/aromatic N) is 2. The maximum absolute atomic E-state index is 12.6. The third-order valence-electron chi connectivity index (χ3n) is 3.55. The van der Waals surface area contributed by atoms with Crippen LogP contribution in [0, 0.1) is 0 Å². The molecule has 6 heteroatoms. The molecule has 0 aliphatic carbocycles. The van der Waals surface area contributed by atoms with E-state index in [1.54, 1.807) is 18.0 Å². The van der Waals surface area contributed by atoms with Crippen molar-refractivity contribution >= 4 is 35.1 Å². The van der Waals surface area contributed by atoms with Crippen LogP contribution in [0.1, 0.15) is 6.92 Å². The van der Waals surface area contributed by atoms with Gasteiger partial charge in [-0.1, -0.05) is 30.3 Å². The van der Waals surface area contributed by atoms with Gasteiger partial charge in [-0.15, -0.1) is 11.8 Å². The molecule has 0 radical (unpaired) electrons. The molecule has 3 aromatic rings. The van der Waals surface area contributed by atoms with E-state index < -0.39 is 0 Å². The fourth-order valence-electron chi connectivity index (χ4n) is 2.20. The molecule has 4 nitrogen and oxygen atoms in total. The first-order chi connectivity index (χ1) is 12.1. The second-order valence-corrected chi connectivity index (χ2v) is 7.90. The molecule has 0 saturated heterocycles. The standard InChI is InChI=1S/C19H19N3OS2/c1-14(24-15-8-4-3-5-9-15)18(23)21-16-10-6-7-11-17(16)25-19-20-12-13-22(19)2/h3-14H,1-2H3,(H,21,23). The molecule has 1 atom stereocenters. The van der Waals surface area contributed by atoms with Gasteiger partial charge in [-0.3, -0.25) is 4.79 Å². The summed E-state index contributed by atoms with van der Waals surface area (Å²) in [6.45, 7) is 1.92. The van der Waals surface area contributed by atoms with Crippen molar-refractivity contribution in [3.8, 4) is 0 Å². The summed E-state index contributed by atoms with van der Waals surface area (Å²) < 4.78 is 1.96. The van der Waals surface area contributed by atoms with Crippen LogP contribution in [0.4, 0.5) is 5.69 Å². The number of aromatic nitrogens is 2. The summed E-state index contributed by atoms with van der Waals surface area (Å²) in [4.78, 5) is 19.0.